The summed E-state index contributed by atoms with van der Waals surface area (Å²) in [6, 6.07) is 11.2. The molecule has 0 saturated heterocycles. The number of nitrogens with one attached hydrogen (secondary N) is 1. The van der Waals surface area contributed by atoms with Crippen LogP contribution in [-0.4, -0.2) is 17.0 Å². The van der Waals surface area contributed by atoms with Crippen LogP contribution in [0.2, 0.25) is 5.02 Å². The molecule has 0 aliphatic rings. The van der Waals surface area contributed by atoms with Crippen molar-refractivity contribution in [3.8, 4) is 5.75 Å². The van der Waals surface area contributed by atoms with Gasteiger partial charge in [0.2, 0.25) is 0 Å². The van der Waals surface area contributed by atoms with Gasteiger partial charge in [0.1, 0.15) is 0 Å². The Kier molecular flexibility index (Phi) is 4.45. The van der Waals surface area contributed by atoms with E-state index in [1.165, 1.54) is 23.5 Å². The molecule has 0 radical (unpaired) electrons. The number of thiazole rings is 1. The minimum absolute atomic E-state index is 0.0335. The van der Waals surface area contributed by atoms with E-state index in [0.29, 0.717) is 10.2 Å². The van der Waals surface area contributed by atoms with Gasteiger partial charge in [-0.3, -0.25) is 10.1 Å². The molecule has 1 atom stereocenters. The van der Waals surface area contributed by atoms with Gasteiger partial charge in [0.25, 0.3) is 5.91 Å². The summed E-state index contributed by atoms with van der Waals surface area (Å²) in [6.45, 7) is 1.55. The Morgan fingerprint density at radius 1 is 1.35 bits per heavy atom. The van der Waals surface area contributed by atoms with Crippen molar-refractivity contribution in [2.24, 2.45) is 0 Å². The number of hydrogen-bond acceptors (Lipinski definition) is 4. The zero-order valence-corrected chi connectivity index (χ0v) is 13.6. The fourth-order valence-electron chi connectivity index (χ4n) is 1.94. The average molecular weight is 351 g/mol. The molecule has 118 valence electrons. The summed E-state index contributed by atoms with van der Waals surface area (Å²) in [5.41, 5.74) is 0.748. The van der Waals surface area contributed by atoms with E-state index in [9.17, 15) is 9.18 Å². The molecular weight excluding hydrogens is 339 g/mol. The van der Waals surface area contributed by atoms with Crippen molar-refractivity contribution in [3.63, 3.8) is 0 Å². The Labute approximate surface area is 140 Å². The van der Waals surface area contributed by atoms with Crippen LogP contribution in [0.4, 0.5) is 9.52 Å². The molecule has 1 heterocycles. The number of fused-ring (bicyclic) bond motifs is 1. The molecule has 1 aromatic heterocycles. The van der Waals surface area contributed by atoms with Crippen LogP contribution < -0.4 is 10.1 Å². The Bertz CT molecular complexity index is 868. The summed E-state index contributed by atoms with van der Waals surface area (Å²) in [5, 5.41) is 3.72. The first-order valence-corrected chi connectivity index (χ1v) is 8.00. The fourth-order valence-corrected chi connectivity index (χ4v) is 3.09. The fraction of sp³-hybridized carbons (Fsp3) is 0.125. The van der Waals surface area contributed by atoms with Crippen molar-refractivity contribution >= 4 is 44.2 Å². The van der Waals surface area contributed by atoms with Crippen LogP contribution in [-0.2, 0) is 4.79 Å². The second kappa shape index (κ2) is 6.52. The van der Waals surface area contributed by atoms with Crippen molar-refractivity contribution < 1.29 is 13.9 Å². The van der Waals surface area contributed by atoms with Gasteiger partial charge in [0, 0.05) is 5.02 Å². The van der Waals surface area contributed by atoms with Gasteiger partial charge in [0.05, 0.1) is 10.2 Å². The maximum absolute atomic E-state index is 13.5. The van der Waals surface area contributed by atoms with Crippen LogP contribution in [0.3, 0.4) is 0 Å². The SMILES string of the molecule is C[C@H](Oc1ccccc1F)C(=O)Nc1nc2ccc(Cl)cc2s1. The highest BCUT2D eigenvalue weighted by atomic mass is 35.5. The average Bonchev–Trinajstić information content (AvgIpc) is 2.90. The molecule has 0 aliphatic heterocycles. The second-order valence-electron chi connectivity index (χ2n) is 4.81. The molecule has 0 bridgehead atoms. The van der Waals surface area contributed by atoms with E-state index in [0.717, 1.165) is 10.2 Å². The molecule has 7 heteroatoms. The quantitative estimate of drug-likeness (QED) is 0.754. The zero-order chi connectivity index (χ0) is 16.4. The third kappa shape index (κ3) is 3.60. The number of carbonyl (C=O) groups is 1. The van der Waals surface area contributed by atoms with E-state index >= 15 is 0 Å². The lowest BCUT2D eigenvalue weighted by Crippen LogP contribution is -2.30. The molecule has 0 aliphatic carbocycles. The molecule has 3 aromatic rings. The smallest absolute Gasteiger partial charge is 0.266 e. The summed E-state index contributed by atoms with van der Waals surface area (Å²) in [7, 11) is 0. The van der Waals surface area contributed by atoms with E-state index in [4.69, 9.17) is 16.3 Å². The van der Waals surface area contributed by atoms with Crippen LogP contribution in [0.1, 0.15) is 6.92 Å². The lowest BCUT2D eigenvalue weighted by atomic mass is 10.3. The lowest BCUT2D eigenvalue weighted by molar-refractivity contribution is -0.122. The molecule has 0 unspecified atom stereocenters. The first kappa shape index (κ1) is 15.7. The Morgan fingerprint density at radius 2 is 2.13 bits per heavy atom. The van der Waals surface area contributed by atoms with Crippen LogP contribution in [0.25, 0.3) is 10.2 Å². The molecule has 3 rings (SSSR count). The van der Waals surface area contributed by atoms with E-state index in [1.54, 1.807) is 37.3 Å². The number of amides is 1. The number of hydrogen-bond donors (Lipinski definition) is 1. The molecule has 0 fully saturated rings. The van der Waals surface area contributed by atoms with E-state index in [1.807, 2.05) is 0 Å². The predicted octanol–water partition coefficient (Wildman–Crippen LogP) is 4.49. The van der Waals surface area contributed by atoms with Crippen LogP contribution >= 0.6 is 22.9 Å². The number of halogens is 2. The molecule has 4 nitrogen and oxygen atoms in total. The van der Waals surface area contributed by atoms with Crippen LogP contribution in [0.15, 0.2) is 42.5 Å². The highest BCUT2D eigenvalue weighted by molar-refractivity contribution is 7.22. The predicted molar refractivity (Wildman–Crippen MR) is 89.7 cm³/mol. The molecule has 23 heavy (non-hydrogen) atoms. The highest BCUT2D eigenvalue weighted by Crippen LogP contribution is 2.28. The van der Waals surface area contributed by atoms with E-state index < -0.39 is 17.8 Å². The van der Waals surface area contributed by atoms with E-state index in [-0.39, 0.29) is 5.75 Å². The number of para-hydroxylation sites is 1. The van der Waals surface area contributed by atoms with Gasteiger partial charge in [-0.1, -0.05) is 35.1 Å². The van der Waals surface area contributed by atoms with Gasteiger partial charge in [-0.15, -0.1) is 0 Å². The molecule has 0 spiro atoms. The summed E-state index contributed by atoms with van der Waals surface area (Å²) >= 11 is 7.23. The molecule has 1 amide bonds. The normalized spacial score (nSPS) is 12.1. The standard InChI is InChI=1S/C16H12ClFN2O2S/c1-9(22-13-5-3-2-4-11(13)18)15(21)20-16-19-12-7-6-10(17)8-14(12)23-16/h2-9H,1H3,(H,19,20,21)/t9-/m0/s1. The van der Waals surface area contributed by atoms with Gasteiger partial charge in [-0.05, 0) is 37.3 Å². The number of benzene rings is 2. The first-order chi connectivity index (χ1) is 11.0. The van der Waals surface area contributed by atoms with Crippen LogP contribution in [0, 0.1) is 5.82 Å². The third-order valence-electron chi connectivity index (χ3n) is 3.09. The molecular formula is C16H12ClFN2O2S. The van der Waals surface area contributed by atoms with Crippen molar-refractivity contribution in [2.45, 2.75) is 13.0 Å². The number of nitrogens with zero attached hydrogens (tertiary/aromatic N) is 1. The maximum Gasteiger partial charge on any atom is 0.266 e. The number of ether oxygens (including phenoxy) is 1. The summed E-state index contributed by atoms with van der Waals surface area (Å²) < 4.78 is 19.7. The summed E-state index contributed by atoms with van der Waals surface area (Å²) in [4.78, 5) is 16.5. The molecule has 2 aromatic carbocycles. The van der Waals surface area contributed by atoms with E-state index in [2.05, 4.69) is 10.3 Å². The number of rotatable bonds is 4. The second-order valence-corrected chi connectivity index (χ2v) is 6.28. The van der Waals surface area contributed by atoms with Crippen molar-refractivity contribution in [1.29, 1.82) is 0 Å². The Balaban J connectivity index is 1.71. The monoisotopic (exact) mass is 350 g/mol. The first-order valence-electron chi connectivity index (χ1n) is 6.81. The lowest BCUT2D eigenvalue weighted by Gasteiger charge is -2.13. The maximum atomic E-state index is 13.5. The van der Waals surface area contributed by atoms with Gasteiger partial charge in [-0.25, -0.2) is 9.37 Å². The van der Waals surface area contributed by atoms with Crippen LogP contribution in [0.5, 0.6) is 5.75 Å². The minimum Gasteiger partial charge on any atom is -0.478 e. The topological polar surface area (TPSA) is 51.2 Å². The summed E-state index contributed by atoms with van der Waals surface area (Å²) in [6.07, 6.45) is -0.859. The summed E-state index contributed by atoms with van der Waals surface area (Å²) in [5.74, 6) is -0.883. The van der Waals surface area contributed by atoms with Gasteiger partial charge >= 0.3 is 0 Å². The van der Waals surface area contributed by atoms with Crippen molar-refractivity contribution in [2.75, 3.05) is 5.32 Å². The highest BCUT2D eigenvalue weighted by Gasteiger charge is 2.18. The Morgan fingerprint density at radius 3 is 2.91 bits per heavy atom. The number of aromatic nitrogens is 1. The van der Waals surface area contributed by atoms with Gasteiger partial charge < -0.3 is 4.74 Å². The minimum atomic E-state index is -0.859. The van der Waals surface area contributed by atoms with Crippen molar-refractivity contribution in [1.82, 2.24) is 4.98 Å². The molecule has 1 N–H and O–H groups in total. The zero-order valence-electron chi connectivity index (χ0n) is 12.0. The molecule has 0 saturated carbocycles. The number of carbonyl (C=O) groups excluding carboxylic acids is 1. The van der Waals surface area contributed by atoms with Gasteiger partial charge in [0.15, 0.2) is 22.8 Å². The largest absolute Gasteiger partial charge is 0.478 e. The van der Waals surface area contributed by atoms with Crippen molar-refractivity contribution in [3.05, 3.63) is 53.3 Å². The Hall–Kier alpha value is -2.18. The third-order valence-corrected chi connectivity index (χ3v) is 4.26. The van der Waals surface area contributed by atoms with Gasteiger partial charge in [-0.2, -0.15) is 0 Å². The number of anilines is 1.